The molecule has 6 heteroatoms. The fraction of sp³-hybridized carbons (Fsp3) is 0.286. The van der Waals surface area contributed by atoms with Crippen LogP contribution in [-0.4, -0.2) is 21.4 Å². The van der Waals surface area contributed by atoms with Gasteiger partial charge in [0.2, 0.25) is 0 Å². The SMILES string of the molecule is Cc1nc(-c2cccc([N+](=O)[O-])c2)nc2c1CCNC2. The van der Waals surface area contributed by atoms with E-state index in [-0.39, 0.29) is 5.69 Å². The summed E-state index contributed by atoms with van der Waals surface area (Å²) < 4.78 is 0. The summed E-state index contributed by atoms with van der Waals surface area (Å²) in [4.78, 5) is 19.5. The third kappa shape index (κ3) is 2.25. The van der Waals surface area contributed by atoms with Gasteiger partial charge in [-0.25, -0.2) is 9.97 Å². The smallest absolute Gasteiger partial charge is 0.270 e. The average molecular weight is 270 g/mol. The summed E-state index contributed by atoms with van der Waals surface area (Å²) in [6, 6.07) is 6.43. The Balaban J connectivity index is 2.08. The van der Waals surface area contributed by atoms with Gasteiger partial charge in [-0.05, 0) is 25.5 Å². The highest BCUT2D eigenvalue weighted by Crippen LogP contribution is 2.24. The van der Waals surface area contributed by atoms with E-state index in [1.807, 2.05) is 6.92 Å². The van der Waals surface area contributed by atoms with Crippen LogP contribution >= 0.6 is 0 Å². The number of aromatic nitrogens is 2. The largest absolute Gasteiger partial charge is 0.311 e. The summed E-state index contributed by atoms with van der Waals surface area (Å²) in [7, 11) is 0. The van der Waals surface area contributed by atoms with Gasteiger partial charge in [-0.2, -0.15) is 0 Å². The molecule has 0 atom stereocenters. The molecular formula is C14H14N4O2. The van der Waals surface area contributed by atoms with Crippen LogP contribution in [0.3, 0.4) is 0 Å². The number of nitro groups is 1. The zero-order valence-corrected chi connectivity index (χ0v) is 11.1. The lowest BCUT2D eigenvalue weighted by atomic mass is 10.0. The maximum Gasteiger partial charge on any atom is 0.270 e. The monoisotopic (exact) mass is 270 g/mol. The molecule has 1 N–H and O–H groups in total. The van der Waals surface area contributed by atoms with E-state index in [0.717, 1.165) is 30.9 Å². The molecule has 0 bridgehead atoms. The number of rotatable bonds is 2. The molecule has 1 aromatic carbocycles. The summed E-state index contributed by atoms with van der Waals surface area (Å²) in [6.07, 6.45) is 0.927. The van der Waals surface area contributed by atoms with E-state index < -0.39 is 4.92 Å². The van der Waals surface area contributed by atoms with Crippen molar-refractivity contribution in [2.75, 3.05) is 6.54 Å². The average Bonchev–Trinajstić information content (AvgIpc) is 2.47. The van der Waals surface area contributed by atoms with Gasteiger partial charge < -0.3 is 5.32 Å². The Morgan fingerprint density at radius 2 is 2.20 bits per heavy atom. The molecule has 0 spiro atoms. The lowest BCUT2D eigenvalue weighted by Crippen LogP contribution is -2.26. The van der Waals surface area contributed by atoms with E-state index in [1.165, 1.54) is 17.7 Å². The number of nitrogens with one attached hydrogen (secondary N) is 1. The first-order chi connectivity index (χ1) is 9.65. The number of aryl methyl sites for hydroxylation is 1. The fourth-order valence-electron chi connectivity index (χ4n) is 2.43. The second kappa shape index (κ2) is 4.97. The van der Waals surface area contributed by atoms with E-state index in [0.29, 0.717) is 11.4 Å². The third-order valence-electron chi connectivity index (χ3n) is 3.46. The summed E-state index contributed by atoms with van der Waals surface area (Å²) in [6.45, 7) is 3.63. The molecule has 20 heavy (non-hydrogen) atoms. The Bertz CT molecular complexity index is 685. The van der Waals surface area contributed by atoms with Crippen LogP contribution < -0.4 is 5.32 Å². The molecule has 2 heterocycles. The Morgan fingerprint density at radius 3 is 3.00 bits per heavy atom. The Morgan fingerprint density at radius 1 is 1.35 bits per heavy atom. The van der Waals surface area contributed by atoms with Crippen molar-refractivity contribution in [3.63, 3.8) is 0 Å². The molecule has 1 aliphatic rings. The first-order valence-electron chi connectivity index (χ1n) is 6.47. The van der Waals surface area contributed by atoms with Crippen molar-refractivity contribution in [1.29, 1.82) is 0 Å². The predicted molar refractivity (Wildman–Crippen MR) is 74.3 cm³/mol. The quantitative estimate of drug-likeness (QED) is 0.667. The van der Waals surface area contributed by atoms with Gasteiger partial charge >= 0.3 is 0 Å². The zero-order valence-electron chi connectivity index (χ0n) is 11.1. The van der Waals surface area contributed by atoms with Crippen LogP contribution in [0.15, 0.2) is 24.3 Å². The van der Waals surface area contributed by atoms with Crippen LogP contribution in [0.4, 0.5) is 5.69 Å². The number of non-ortho nitro benzene ring substituents is 1. The molecule has 0 saturated heterocycles. The molecule has 0 saturated carbocycles. The molecule has 1 aliphatic heterocycles. The van der Waals surface area contributed by atoms with Crippen molar-refractivity contribution in [2.24, 2.45) is 0 Å². The first-order valence-corrected chi connectivity index (χ1v) is 6.47. The minimum absolute atomic E-state index is 0.0552. The molecule has 3 rings (SSSR count). The second-order valence-corrected chi connectivity index (χ2v) is 4.79. The molecule has 1 aromatic heterocycles. The van der Waals surface area contributed by atoms with Gasteiger partial charge in [0.15, 0.2) is 5.82 Å². The highest BCUT2D eigenvalue weighted by molar-refractivity contribution is 5.59. The summed E-state index contributed by atoms with van der Waals surface area (Å²) in [5, 5.41) is 14.1. The van der Waals surface area contributed by atoms with Crippen LogP contribution in [0.25, 0.3) is 11.4 Å². The van der Waals surface area contributed by atoms with Gasteiger partial charge in [0.25, 0.3) is 5.69 Å². The standard InChI is InChI=1S/C14H14N4O2/c1-9-12-5-6-15-8-13(12)17-14(16-9)10-3-2-4-11(7-10)18(19)20/h2-4,7,15H,5-6,8H2,1H3. The maximum atomic E-state index is 10.8. The molecule has 0 amide bonds. The Hall–Kier alpha value is -2.34. The maximum absolute atomic E-state index is 10.8. The Labute approximate surface area is 116 Å². The van der Waals surface area contributed by atoms with Gasteiger partial charge in [-0.1, -0.05) is 12.1 Å². The highest BCUT2D eigenvalue weighted by atomic mass is 16.6. The number of nitro benzene ring substituents is 1. The molecule has 0 fully saturated rings. The zero-order chi connectivity index (χ0) is 14.1. The molecule has 0 radical (unpaired) electrons. The molecule has 0 aliphatic carbocycles. The van der Waals surface area contributed by atoms with E-state index >= 15 is 0 Å². The van der Waals surface area contributed by atoms with E-state index in [1.54, 1.807) is 12.1 Å². The van der Waals surface area contributed by atoms with E-state index in [9.17, 15) is 10.1 Å². The van der Waals surface area contributed by atoms with E-state index in [4.69, 9.17) is 0 Å². The van der Waals surface area contributed by atoms with Gasteiger partial charge in [-0.15, -0.1) is 0 Å². The Kier molecular flexibility index (Phi) is 3.15. The molecule has 2 aromatic rings. The summed E-state index contributed by atoms with van der Waals surface area (Å²) in [5.74, 6) is 0.550. The topological polar surface area (TPSA) is 81.0 Å². The lowest BCUT2D eigenvalue weighted by Gasteiger charge is -2.18. The van der Waals surface area contributed by atoms with Crippen molar-refractivity contribution in [2.45, 2.75) is 19.9 Å². The van der Waals surface area contributed by atoms with Crippen LogP contribution in [0.2, 0.25) is 0 Å². The first kappa shape index (κ1) is 12.7. The minimum atomic E-state index is -0.406. The van der Waals surface area contributed by atoms with Gasteiger partial charge in [-0.3, -0.25) is 10.1 Å². The fourth-order valence-corrected chi connectivity index (χ4v) is 2.43. The summed E-state index contributed by atoms with van der Waals surface area (Å²) >= 11 is 0. The molecule has 102 valence electrons. The van der Waals surface area contributed by atoms with Crippen LogP contribution in [0.5, 0.6) is 0 Å². The van der Waals surface area contributed by atoms with Gasteiger partial charge in [0, 0.05) is 29.9 Å². The summed E-state index contributed by atoms with van der Waals surface area (Å²) in [5.41, 5.74) is 3.87. The lowest BCUT2D eigenvalue weighted by molar-refractivity contribution is -0.384. The van der Waals surface area contributed by atoms with E-state index in [2.05, 4.69) is 15.3 Å². The normalized spacial score (nSPS) is 13.8. The third-order valence-corrected chi connectivity index (χ3v) is 3.46. The minimum Gasteiger partial charge on any atom is -0.311 e. The molecule has 0 unspecified atom stereocenters. The molecular weight excluding hydrogens is 256 g/mol. The number of nitrogens with zero attached hydrogens (tertiary/aromatic N) is 3. The van der Waals surface area contributed by atoms with Crippen molar-refractivity contribution in [1.82, 2.24) is 15.3 Å². The van der Waals surface area contributed by atoms with Gasteiger partial charge in [0.05, 0.1) is 10.6 Å². The number of fused-ring (bicyclic) bond motifs is 1. The second-order valence-electron chi connectivity index (χ2n) is 4.79. The van der Waals surface area contributed by atoms with Crippen molar-refractivity contribution in [3.8, 4) is 11.4 Å². The number of benzene rings is 1. The molecule has 6 nitrogen and oxygen atoms in total. The van der Waals surface area contributed by atoms with Crippen molar-refractivity contribution < 1.29 is 4.92 Å². The van der Waals surface area contributed by atoms with Crippen LogP contribution in [-0.2, 0) is 13.0 Å². The van der Waals surface area contributed by atoms with Crippen LogP contribution in [0, 0.1) is 17.0 Å². The van der Waals surface area contributed by atoms with Crippen LogP contribution in [0.1, 0.15) is 17.0 Å². The number of hydrogen-bond donors (Lipinski definition) is 1. The predicted octanol–water partition coefficient (Wildman–Crippen LogP) is 2.01. The highest BCUT2D eigenvalue weighted by Gasteiger charge is 2.16. The van der Waals surface area contributed by atoms with Gasteiger partial charge in [0.1, 0.15) is 0 Å². The van der Waals surface area contributed by atoms with Crippen molar-refractivity contribution in [3.05, 3.63) is 51.3 Å². The van der Waals surface area contributed by atoms with Crippen molar-refractivity contribution >= 4 is 5.69 Å². The number of hydrogen-bond acceptors (Lipinski definition) is 5.